The first kappa shape index (κ1) is 20.3. The predicted octanol–water partition coefficient (Wildman–Crippen LogP) is 4.08. The van der Waals surface area contributed by atoms with Crippen LogP contribution in [0.4, 0.5) is 0 Å². The average molecular weight is 365 g/mol. The van der Waals surface area contributed by atoms with Crippen LogP contribution in [0, 0.1) is 12.8 Å². The number of carbonyl (C=O) groups excluding carboxylic acids is 1. The maximum Gasteiger partial charge on any atom is 0.233 e. The Morgan fingerprint density at radius 2 is 2.00 bits per heavy atom. The number of aryl methyl sites for hydroxylation is 1. The van der Waals surface area contributed by atoms with Gasteiger partial charge in [-0.3, -0.25) is 4.79 Å². The molecule has 3 rings (SSSR count). The fourth-order valence-electron chi connectivity index (χ4n) is 4.73. The lowest BCUT2D eigenvalue weighted by atomic mass is 9.68. The Hall–Kier alpha value is -1.06. The van der Waals surface area contributed by atoms with Crippen LogP contribution in [-0.2, 0) is 10.2 Å². The average Bonchev–Trinajstić information content (AvgIpc) is 2.62. The first-order chi connectivity index (χ1) is 11.7. The molecule has 140 valence electrons. The van der Waals surface area contributed by atoms with Crippen molar-refractivity contribution in [3.63, 3.8) is 0 Å². The summed E-state index contributed by atoms with van der Waals surface area (Å²) in [5.41, 5.74) is 2.24. The van der Waals surface area contributed by atoms with E-state index >= 15 is 0 Å². The topological polar surface area (TPSA) is 32.3 Å². The Bertz CT molecular complexity index is 567. The van der Waals surface area contributed by atoms with Gasteiger partial charge in [0.1, 0.15) is 0 Å². The summed E-state index contributed by atoms with van der Waals surface area (Å²) in [4.78, 5) is 15.8. The van der Waals surface area contributed by atoms with Gasteiger partial charge in [-0.2, -0.15) is 0 Å². The molecule has 1 aromatic rings. The van der Waals surface area contributed by atoms with Crippen LogP contribution in [0.15, 0.2) is 24.3 Å². The van der Waals surface area contributed by atoms with E-state index in [0.29, 0.717) is 11.8 Å². The number of likely N-dealkylation sites (tertiary alicyclic amines) is 1. The first-order valence-electron chi connectivity index (χ1n) is 9.67. The van der Waals surface area contributed by atoms with Gasteiger partial charge in [0.05, 0.1) is 5.41 Å². The zero-order valence-electron chi connectivity index (χ0n) is 15.7. The number of rotatable bonds is 4. The predicted molar refractivity (Wildman–Crippen MR) is 106 cm³/mol. The number of piperidine rings is 1. The summed E-state index contributed by atoms with van der Waals surface area (Å²) in [7, 11) is 2.01. The number of nitrogens with zero attached hydrogens (tertiary/aromatic N) is 1. The van der Waals surface area contributed by atoms with E-state index in [1.165, 1.54) is 36.8 Å². The lowest BCUT2D eigenvalue weighted by Gasteiger charge is -2.43. The fourth-order valence-corrected chi connectivity index (χ4v) is 4.73. The van der Waals surface area contributed by atoms with Gasteiger partial charge in [0.15, 0.2) is 0 Å². The number of hydrogen-bond acceptors (Lipinski definition) is 2. The van der Waals surface area contributed by atoms with Crippen molar-refractivity contribution < 1.29 is 4.79 Å². The second-order valence-corrected chi connectivity index (χ2v) is 7.83. The highest BCUT2D eigenvalue weighted by Gasteiger charge is 2.44. The van der Waals surface area contributed by atoms with Crippen molar-refractivity contribution >= 4 is 18.3 Å². The standard InChI is InChI=1S/C21H32N2O.ClH/c1-17-8-6-10-19(14-17)21(11-4-3-5-12-21)20(24)23-13-7-9-18(16-23)15-22-2;/h6,8,10,14,18,22H,3-5,7,9,11-13,15-16H2,1-2H3;1H. The van der Waals surface area contributed by atoms with Gasteiger partial charge >= 0.3 is 0 Å². The molecule has 1 unspecified atom stereocenters. The summed E-state index contributed by atoms with van der Waals surface area (Å²) in [6.07, 6.45) is 8.03. The maximum absolute atomic E-state index is 13.6. The number of halogens is 1. The second-order valence-electron chi connectivity index (χ2n) is 7.83. The molecule has 1 saturated carbocycles. The van der Waals surface area contributed by atoms with E-state index in [2.05, 4.69) is 41.4 Å². The minimum absolute atomic E-state index is 0. The second kappa shape index (κ2) is 9.05. The van der Waals surface area contributed by atoms with Crippen LogP contribution in [0.3, 0.4) is 0 Å². The molecular weight excluding hydrogens is 332 g/mol. The Kier molecular flexibility index (Phi) is 7.33. The molecule has 3 nitrogen and oxygen atoms in total. The van der Waals surface area contributed by atoms with Crippen molar-refractivity contribution in [2.75, 3.05) is 26.7 Å². The summed E-state index contributed by atoms with van der Waals surface area (Å²) in [5.74, 6) is 0.999. The summed E-state index contributed by atoms with van der Waals surface area (Å²) in [6, 6.07) is 8.69. The van der Waals surface area contributed by atoms with Crippen LogP contribution >= 0.6 is 12.4 Å². The zero-order valence-corrected chi connectivity index (χ0v) is 16.5. The van der Waals surface area contributed by atoms with Crippen LogP contribution < -0.4 is 5.32 Å². The molecule has 2 fully saturated rings. The Morgan fingerprint density at radius 3 is 2.68 bits per heavy atom. The molecule has 1 aromatic carbocycles. The van der Waals surface area contributed by atoms with E-state index < -0.39 is 0 Å². The summed E-state index contributed by atoms with van der Waals surface area (Å²) < 4.78 is 0. The molecule has 2 aliphatic rings. The van der Waals surface area contributed by atoms with E-state index in [1.807, 2.05) is 7.05 Å². The minimum atomic E-state index is -0.272. The Morgan fingerprint density at radius 1 is 1.24 bits per heavy atom. The summed E-state index contributed by atoms with van der Waals surface area (Å²) in [6.45, 7) is 5.01. The van der Waals surface area contributed by atoms with Gasteiger partial charge in [-0.1, -0.05) is 49.1 Å². The van der Waals surface area contributed by atoms with Gasteiger partial charge in [0, 0.05) is 13.1 Å². The van der Waals surface area contributed by atoms with E-state index in [1.54, 1.807) is 0 Å². The molecule has 1 saturated heterocycles. The molecule has 1 aliphatic carbocycles. The van der Waals surface area contributed by atoms with Crippen molar-refractivity contribution in [3.05, 3.63) is 35.4 Å². The molecule has 1 heterocycles. The maximum atomic E-state index is 13.6. The highest BCUT2D eigenvalue weighted by molar-refractivity contribution is 5.88. The van der Waals surface area contributed by atoms with Crippen molar-refractivity contribution in [3.8, 4) is 0 Å². The molecule has 0 radical (unpaired) electrons. The molecule has 1 aliphatic heterocycles. The molecule has 0 bridgehead atoms. The van der Waals surface area contributed by atoms with E-state index in [4.69, 9.17) is 0 Å². The number of amides is 1. The highest BCUT2D eigenvalue weighted by Crippen LogP contribution is 2.42. The molecule has 1 N–H and O–H groups in total. The van der Waals surface area contributed by atoms with Gasteiger partial charge in [-0.15, -0.1) is 12.4 Å². The molecule has 4 heteroatoms. The third kappa shape index (κ3) is 4.38. The monoisotopic (exact) mass is 364 g/mol. The van der Waals surface area contributed by atoms with Crippen molar-refractivity contribution in [1.82, 2.24) is 10.2 Å². The van der Waals surface area contributed by atoms with Crippen molar-refractivity contribution in [2.24, 2.45) is 5.92 Å². The molecular formula is C21H33ClN2O. The Balaban J connectivity index is 0.00000225. The van der Waals surface area contributed by atoms with Crippen LogP contribution in [0.1, 0.15) is 56.1 Å². The van der Waals surface area contributed by atoms with E-state index in [-0.39, 0.29) is 17.8 Å². The smallest absolute Gasteiger partial charge is 0.233 e. The number of nitrogens with one attached hydrogen (secondary N) is 1. The van der Waals surface area contributed by atoms with Gasteiger partial charge in [-0.25, -0.2) is 0 Å². The van der Waals surface area contributed by atoms with Crippen LogP contribution in [0.2, 0.25) is 0 Å². The summed E-state index contributed by atoms with van der Waals surface area (Å²) >= 11 is 0. The quantitative estimate of drug-likeness (QED) is 0.873. The Labute approximate surface area is 159 Å². The normalized spacial score (nSPS) is 23.0. The van der Waals surface area contributed by atoms with Crippen LogP contribution in [-0.4, -0.2) is 37.5 Å². The SMILES string of the molecule is CNCC1CCCN(C(=O)C2(c3cccc(C)c3)CCCCC2)C1.Cl. The molecule has 0 spiro atoms. The van der Waals surface area contributed by atoms with Gasteiger partial charge < -0.3 is 10.2 Å². The summed E-state index contributed by atoms with van der Waals surface area (Å²) in [5, 5.41) is 3.29. The number of hydrogen-bond donors (Lipinski definition) is 1. The van der Waals surface area contributed by atoms with Gasteiger partial charge in [0.25, 0.3) is 0 Å². The highest BCUT2D eigenvalue weighted by atomic mass is 35.5. The van der Waals surface area contributed by atoms with Crippen molar-refractivity contribution in [1.29, 1.82) is 0 Å². The van der Waals surface area contributed by atoms with Crippen molar-refractivity contribution in [2.45, 2.75) is 57.3 Å². The van der Waals surface area contributed by atoms with Gasteiger partial charge in [0.2, 0.25) is 5.91 Å². The number of carbonyl (C=O) groups is 1. The zero-order chi connectivity index (χ0) is 17.0. The molecule has 0 aromatic heterocycles. The molecule has 1 amide bonds. The van der Waals surface area contributed by atoms with Crippen LogP contribution in [0.25, 0.3) is 0 Å². The molecule has 25 heavy (non-hydrogen) atoms. The third-order valence-corrected chi connectivity index (χ3v) is 5.99. The van der Waals surface area contributed by atoms with E-state index in [0.717, 1.165) is 38.9 Å². The fraction of sp³-hybridized carbons (Fsp3) is 0.667. The lowest BCUT2D eigenvalue weighted by Crippen LogP contribution is -2.52. The van der Waals surface area contributed by atoms with Gasteiger partial charge in [-0.05, 0) is 57.7 Å². The van der Waals surface area contributed by atoms with E-state index in [9.17, 15) is 4.79 Å². The lowest BCUT2D eigenvalue weighted by molar-refractivity contribution is -0.140. The number of benzene rings is 1. The minimum Gasteiger partial charge on any atom is -0.342 e. The largest absolute Gasteiger partial charge is 0.342 e. The third-order valence-electron chi connectivity index (χ3n) is 5.99. The molecule has 1 atom stereocenters. The first-order valence-corrected chi connectivity index (χ1v) is 9.67. The van der Waals surface area contributed by atoms with Crippen LogP contribution in [0.5, 0.6) is 0 Å².